The second-order valence-electron chi connectivity index (χ2n) is 6.92. The summed E-state index contributed by atoms with van der Waals surface area (Å²) in [7, 11) is 1.67. The molecule has 0 radical (unpaired) electrons. The molecule has 0 aliphatic carbocycles. The minimum atomic E-state index is 0.700. The third-order valence-electron chi connectivity index (χ3n) is 5.22. The molecule has 2 aliphatic heterocycles. The lowest BCUT2D eigenvalue weighted by molar-refractivity contribution is 0.0362. The summed E-state index contributed by atoms with van der Waals surface area (Å²) in [6.45, 7) is 10.8. The van der Waals surface area contributed by atoms with Gasteiger partial charge < -0.3 is 25.0 Å². The number of methoxy groups -OCH3 is 1. The number of benzene rings is 1. The van der Waals surface area contributed by atoms with E-state index in [1.54, 1.807) is 7.11 Å². The van der Waals surface area contributed by atoms with Gasteiger partial charge in [0.15, 0.2) is 0 Å². The smallest absolute Gasteiger partial charge is 0.143 e. The number of nitrogens with two attached hydrogens (primary N) is 1. The zero-order valence-corrected chi connectivity index (χ0v) is 15.5. The maximum Gasteiger partial charge on any atom is 0.143 e. The van der Waals surface area contributed by atoms with Crippen LogP contribution >= 0.6 is 0 Å². The first-order valence-corrected chi connectivity index (χ1v) is 9.47. The normalized spacial score (nSPS) is 20.4. The summed E-state index contributed by atoms with van der Waals surface area (Å²) >= 11 is 0. The van der Waals surface area contributed by atoms with Gasteiger partial charge in [-0.3, -0.25) is 4.90 Å². The van der Waals surface area contributed by atoms with Crippen LogP contribution in [0.1, 0.15) is 12.8 Å². The fourth-order valence-electron chi connectivity index (χ4n) is 3.69. The van der Waals surface area contributed by atoms with Crippen LogP contribution in [-0.4, -0.2) is 82.5 Å². The molecular weight excluding hydrogens is 316 g/mol. The first-order chi connectivity index (χ1) is 12.3. The number of rotatable bonds is 6. The zero-order chi connectivity index (χ0) is 17.5. The Hall–Kier alpha value is -1.50. The predicted octanol–water partition coefficient (Wildman–Crippen LogP) is 1.51. The van der Waals surface area contributed by atoms with Crippen molar-refractivity contribution in [2.45, 2.75) is 12.8 Å². The number of nitrogens with zero attached hydrogens (tertiary/aromatic N) is 3. The minimum absolute atomic E-state index is 0.700. The molecule has 1 aromatic carbocycles. The average molecular weight is 348 g/mol. The molecule has 140 valence electrons. The van der Waals surface area contributed by atoms with E-state index in [4.69, 9.17) is 15.2 Å². The molecule has 2 saturated heterocycles. The van der Waals surface area contributed by atoms with Crippen LogP contribution < -0.4 is 15.4 Å². The van der Waals surface area contributed by atoms with Gasteiger partial charge in [0.2, 0.25) is 0 Å². The highest BCUT2D eigenvalue weighted by atomic mass is 16.5. The number of hydrogen-bond acceptors (Lipinski definition) is 6. The van der Waals surface area contributed by atoms with Crippen molar-refractivity contribution in [3.63, 3.8) is 0 Å². The molecule has 2 N–H and O–H groups in total. The standard InChI is InChI=1S/C19H32N4O2/c1-24-19-16-17(4-5-18(19)20)23-9-3-8-21(10-11-23)6-2-7-22-12-14-25-15-13-22/h4-5,16H,2-3,6-15,20H2,1H3. The third kappa shape index (κ3) is 5.23. The molecule has 0 aromatic heterocycles. The van der Waals surface area contributed by atoms with Crippen molar-refractivity contribution in [1.82, 2.24) is 9.80 Å². The van der Waals surface area contributed by atoms with Gasteiger partial charge in [-0.25, -0.2) is 0 Å². The first-order valence-electron chi connectivity index (χ1n) is 9.47. The summed E-state index contributed by atoms with van der Waals surface area (Å²) in [6, 6.07) is 6.11. The molecule has 3 rings (SSSR count). The highest BCUT2D eigenvalue weighted by Gasteiger charge is 2.17. The van der Waals surface area contributed by atoms with E-state index in [1.807, 2.05) is 6.07 Å². The van der Waals surface area contributed by atoms with E-state index < -0.39 is 0 Å². The molecule has 25 heavy (non-hydrogen) atoms. The molecule has 0 amide bonds. The molecule has 6 heteroatoms. The number of morpholine rings is 1. The Morgan fingerprint density at radius 1 is 1.00 bits per heavy atom. The van der Waals surface area contributed by atoms with E-state index in [2.05, 4.69) is 26.8 Å². The van der Waals surface area contributed by atoms with Crippen LogP contribution in [0.25, 0.3) is 0 Å². The lowest BCUT2D eigenvalue weighted by Crippen LogP contribution is -2.38. The molecule has 0 unspecified atom stereocenters. The second kappa shape index (κ2) is 9.27. The highest BCUT2D eigenvalue weighted by molar-refractivity contribution is 5.62. The molecule has 2 fully saturated rings. The zero-order valence-electron chi connectivity index (χ0n) is 15.5. The Morgan fingerprint density at radius 2 is 1.76 bits per heavy atom. The molecule has 0 saturated carbocycles. The van der Waals surface area contributed by atoms with Crippen molar-refractivity contribution in [3.05, 3.63) is 18.2 Å². The van der Waals surface area contributed by atoms with Gasteiger partial charge in [0.25, 0.3) is 0 Å². The predicted molar refractivity (Wildman–Crippen MR) is 103 cm³/mol. The van der Waals surface area contributed by atoms with Gasteiger partial charge in [0.1, 0.15) is 5.75 Å². The highest BCUT2D eigenvalue weighted by Crippen LogP contribution is 2.28. The van der Waals surface area contributed by atoms with Gasteiger partial charge in [-0.15, -0.1) is 0 Å². The van der Waals surface area contributed by atoms with Crippen molar-refractivity contribution >= 4 is 11.4 Å². The Kier molecular flexibility index (Phi) is 6.78. The van der Waals surface area contributed by atoms with E-state index in [0.717, 1.165) is 51.7 Å². The van der Waals surface area contributed by atoms with E-state index in [1.165, 1.54) is 38.2 Å². The van der Waals surface area contributed by atoms with Gasteiger partial charge in [0, 0.05) is 44.5 Å². The Morgan fingerprint density at radius 3 is 2.52 bits per heavy atom. The summed E-state index contributed by atoms with van der Waals surface area (Å²) < 4.78 is 10.8. The van der Waals surface area contributed by atoms with Crippen LogP contribution in [-0.2, 0) is 4.74 Å². The summed E-state index contributed by atoms with van der Waals surface area (Å²) in [5.74, 6) is 0.768. The Bertz CT molecular complexity index is 534. The maximum absolute atomic E-state index is 5.94. The third-order valence-corrected chi connectivity index (χ3v) is 5.22. The van der Waals surface area contributed by atoms with E-state index >= 15 is 0 Å². The molecular formula is C19H32N4O2. The fourth-order valence-corrected chi connectivity index (χ4v) is 3.69. The summed E-state index contributed by atoms with van der Waals surface area (Å²) in [5, 5.41) is 0. The van der Waals surface area contributed by atoms with Crippen LogP contribution in [0.4, 0.5) is 11.4 Å². The fraction of sp³-hybridized carbons (Fsp3) is 0.684. The van der Waals surface area contributed by atoms with Gasteiger partial charge in [-0.1, -0.05) is 0 Å². The molecule has 1 aromatic rings. The second-order valence-corrected chi connectivity index (χ2v) is 6.92. The number of nitrogen functional groups attached to an aromatic ring is 1. The first kappa shape index (κ1) is 18.3. The monoisotopic (exact) mass is 348 g/mol. The molecule has 6 nitrogen and oxygen atoms in total. The number of hydrogen-bond donors (Lipinski definition) is 1. The Labute approximate surface area is 151 Å². The molecule has 0 spiro atoms. The minimum Gasteiger partial charge on any atom is -0.495 e. The van der Waals surface area contributed by atoms with Crippen molar-refractivity contribution in [3.8, 4) is 5.75 Å². The van der Waals surface area contributed by atoms with Crippen LogP contribution in [0.15, 0.2) is 18.2 Å². The molecule has 2 aliphatic rings. The van der Waals surface area contributed by atoms with Gasteiger partial charge in [-0.2, -0.15) is 0 Å². The topological polar surface area (TPSA) is 54.2 Å². The number of ether oxygens (including phenoxy) is 2. The lowest BCUT2D eigenvalue weighted by atomic mass is 10.2. The largest absolute Gasteiger partial charge is 0.495 e. The van der Waals surface area contributed by atoms with Gasteiger partial charge in [-0.05, 0) is 44.6 Å². The van der Waals surface area contributed by atoms with Crippen molar-refractivity contribution in [1.29, 1.82) is 0 Å². The summed E-state index contributed by atoms with van der Waals surface area (Å²) in [6.07, 6.45) is 2.44. The van der Waals surface area contributed by atoms with Crippen LogP contribution in [0.3, 0.4) is 0 Å². The van der Waals surface area contributed by atoms with E-state index in [-0.39, 0.29) is 0 Å². The average Bonchev–Trinajstić information content (AvgIpc) is 2.89. The van der Waals surface area contributed by atoms with Gasteiger partial charge >= 0.3 is 0 Å². The van der Waals surface area contributed by atoms with Crippen LogP contribution in [0.5, 0.6) is 5.75 Å². The molecule has 2 heterocycles. The molecule has 0 bridgehead atoms. The SMILES string of the molecule is COc1cc(N2CCCN(CCCN3CCOCC3)CC2)ccc1N. The summed E-state index contributed by atoms with van der Waals surface area (Å²) in [4.78, 5) is 7.58. The molecule has 0 atom stereocenters. The van der Waals surface area contributed by atoms with Crippen molar-refractivity contribution in [2.24, 2.45) is 0 Å². The number of anilines is 2. The van der Waals surface area contributed by atoms with Crippen molar-refractivity contribution < 1.29 is 9.47 Å². The quantitative estimate of drug-likeness (QED) is 0.787. The van der Waals surface area contributed by atoms with Gasteiger partial charge in [0.05, 0.1) is 26.0 Å². The van der Waals surface area contributed by atoms with Crippen molar-refractivity contribution in [2.75, 3.05) is 83.3 Å². The van der Waals surface area contributed by atoms with Crippen LogP contribution in [0.2, 0.25) is 0 Å². The lowest BCUT2D eigenvalue weighted by Gasteiger charge is -2.28. The van der Waals surface area contributed by atoms with E-state index in [0.29, 0.717) is 5.69 Å². The maximum atomic E-state index is 5.94. The summed E-state index contributed by atoms with van der Waals surface area (Å²) in [5.41, 5.74) is 7.84. The Balaban J connectivity index is 1.45. The van der Waals surface area contributed by atoms with E-state index in [9.17, 15) is 0 Å². The van der Waals surface area contributed by atoms with Crippen LogP contribution in [0, 0.1) is 0 Å².